The maximum Gasteiger partial charge on any atom is 0.325 e. The van der Waals surface area contributed by atoms with Gasteiger partial charge in [-0.2, -0.15) is 5.48 Å². The molecule has 0 saturated carbocycles. The standard InChI is InChI=1S/C14H21NO3/c1-14(2,3)12(13(16)17-4)15-18-10-11-8-6-5-7-9-11/h5-9,12,15H,10H2,1-4H3/t12-/m1/s1. The Balaban J connectivity index is 2.51. The van der Waals surface area contributed by atoms with Crippen molar-refractivity contribution >= 4 is 5.97 Å². The van der Waals surface area contributed by atoms with Gasteiger partial charge in [-0.25, -0.2) is 0 Å². The SMILES string of the molecule is COC(=O)[C@@H](NOCc1ccccc1)C(C)(C)C. The second kappa shape index (κ2) is 6.52. The fraction of sp³-hybridized carbons (Fsp3) is 0.500. The lowest BCUT2D eigenvalue weighted by Crippen LogP contribution is -2.46. The summed E-state index contributed by atoms with van der Waals surface area (Å²) in [6.45, 7) is 6.26. The lowest BCUT2D eigenvalue weighted by Gasteiger charge is -2.28. The summed E-state index contributed by atoms with van der Waals surface area (Å²) in [5.41, 5.74) is 3.55. The van der Waals surface area contributed by atoms with Crippen LogP contribution in [0.2, 0.25) is 0 Å². The summed E-state index contributed by atoms with van der Waals surface area (Å²) in [5, 5.41) is 0. The van der Waals surface area contributed by atoms with E-state index in [1.54, 1.807) is 0 Å². The lowest BCUT2D eigenvalue weighted by molar-refractivity contribution is -0.153. The molecule has 0 radical (unpaired) electrons. The van der Waals surface area contributed by atoms with E-state index >= 15 is 0 Å². The van der Waals surface area contributed by atoms with Gasteiger partial charge in [0.05, 0.1) is 13.7 Å². The number of methoxy groups -OCH3 is 1. The third-order valence-corrected chi connectivity index (χ3v) is 2.59. The van der Waals surface area contributed by atoms with E-state index in [9.17, 15) is 4.79 Å². The van der Waals surface area contributed by atoms with E-state index in [4.69, 9.17) is 9.57 Å². The van der Waals surface area contributed by atoms with Gasteiger partial charge in [-0.15, -0.1) is 0 Å². The van der Waals surface area contributed by atoms with Crippen LogP contribution < -0.4 is 5.48 Å². The fourth-order valence-electron chi connectivity index (χ4n) is 1.48. The summed E-state index contributed by atoms with van der Waals surface area (Å²) < 4.78 is 4.76. The molecule has 1 aromatic rings. The van der Waals surface area contributed by atoms with Crippen LogP contribution in [0.4, 0.5) is 0 Å². The quantitative estimate of drug-likeness (QED) is 0.644. The van der Waals surface area contributed by atoms with Crippen molar-refractivity contribution in [3.05, 3.63) is 35.9 Å². The molecule has 0 aliphatic rings. The van der Waals surface area contributed by atoms with Gasteiger partial charge in [0.25, 0.3) is 0 Å². The number of nitrogens with one attached hydrogen (secondary N) is 1. The van der Waals surface area contributed by atoms with Crippen LogP contribution in [0.1, 0.15) is 26.3 Å². The number of esters is 1. The summed E-state index contributed by atoms with van der Waals surface area (Å²) in [4.78, 5) is 17.0. The highest BCUT2D eigenvalue weighted by Crippen LogP contribution is 2.20. The second-order valence-electron chi connectivity index (χ2n) is 5.21. The minimum atomic E-state index is -0.494. The van der Waals surface area contributed by atoms with E-state index in [1.807, 2.05) is 51.1 Å². The largest absolute Gasteiger partial charge is 0.468 e. The van der Waals surface area contributed by atoms with E-state index in [-0.39, 0.29) is 11.4 Å². The Bertz CT molecular complexity index is 370. The number of carbonyl (C=O) groups excluding carboxylic acids is 1. The summed E-state index contributed by atoms with van der Waals surface area (Å²) >= 11 is 0. The maximum atomic E-state index is 11.6. The van der Waals surface area contributed by atoms with Crippen molar-refractivity contribution in [2.45, 2.75) is 33.4 Å². The first-order valence-corrected chi connectivity index (χ1v) is 5.94. The molecule has 1 atom stereocenters. The summed E-state index contributed by atoms with van der Waals surface area (Å²) in [5.74, 6) is -0.324. The minimum Gasteiger partial charge on any atom is -0.468 e. The van der Waals surface area contributed by atoms with Crippen LogP contribution in [-0.4, -0.2) is 19.1 Å². The normalized spacial score (nSPS) is 13.1. The predicted molar refractivity (Wildman–Crippen MR) is 69.6 cm³/mol. The predicted octanol–water partition coefficient (Wildman–Crippen LogP) is 2.30. The zero-order chi connectivity index (χ0) is 13.6. The molecule has 100 valence electrons. The summed E-state index contributed by atoms with van der Waals surface area (Å²) in [6.07, 6.45) is 0. The highest BCUT2D eigenvalue weighted by molar-refractivity contribution is 5.76. The minimum absolute atomic E-state index is 0.274. The highest BCUT2D eigenvalue weighted by atomic mass is 16.6. The monoisotopic (exact) mass is 251 g/mol. The van der Waals surface area contributed by atoms with Gasteiger partial charge >= 0.3 is 5.97 Å². The molecule has 0 bridgehead atoms. The van der Waals surface area contributed by atoms with Crippen molar-refractivity contribution in [1.29, 1.82) is 0 Å². The second-order valence-corrected chi connectivity index (χ2v) is 5.21. The summed E-state index contributed by atoms with van der Waals surface area (Å²) in [6, 6.07) is 9.27. The molecule has 18 heavy (non-hydrogen) atoms. The smallest absolute Gasteiger partial charge is 0.325 e. The van der Waals surface area contributed by atoms with Gasteiger partial charge in [0, 0.05) is 0 Å². The highest BCUT2D eigenvalue weighted by Gasteiger charge is 2.32. The molecule has 0 saturated heterocycles. The first kappa shape index (κ1) is 14.7. The molecule has 0 aliphatic heterocycles. The molecule has 0 aromatic heterocycles. The molecule has 0 heterocycles. The Labute approximate surface area is 108 Å². The molecular formula is C14H21NO3. The topological polar surface area (TPSA) is 47.6 Å². The van der Waals surface area contributed by atoms with Gasteiger partial charge < -0.3 is 4.74 Å². The van der Waals surface area contributed by atoms with Crippen molar-refractivity contribution in [1.82, 2.24) is 5.48 Å². The number of hydrogen-bond donors (Lipinski definition) is 1. The van der Waals surface area contributed by atoms with Crippen molar-refractivity contribution in [3.8, 4) is 0 Å². The fourth-order valence-corrected chi connectivity index (χ4v) is 1.48. The number of hydroxylamine groups is 1. The van der Waals surface area contributed by atoms with Crippen LogP contribution >= 0.6 is 0 Å². The van der Waals surface area contributed by atoms with Crippen LogP contribution in [0.15, 0.2) is 30.3 Å². The molecule has 4 heteroatoms. The zero-order valence-corrected chi connectivity index (χ0v) is 11.4. The number of benzene rings is 1. The molecule has 0 unspecified atom stereocenters. The van der Waals surface area contributed by atoms with Crippen molar-refractivity contribution in [2.24, 2.45) is 5.41 Å². The average molecular weight is 251 g/mol. The van der Waals surface area contributed by atoms with Gasteiger partial charge in [-0.3, -0.25) is 9.63 Å². The van der Waals surface area contributed by atoms with Crippen LogP contribution in [0.5, 0.6) is 0 Å². The van der Waals surface area contributed by atoms with Gasteiger partial charge in [-0.05, 0) is 11.0 Å². The van der Waals surface area contributed by atoms with E-state index in [0.717, 1.165) is 5.56 Å². The van der Waals surface area contributed by atoms with Gasteiger partial charge in [0.15, 0.2) is 0 Å². The van der Waals surface area contributed by atoms with E-state index in [0.29, 0.717) is 6.61 Å². The molecule has 0 aliphatic carbocycles. The Morgan fingerprint density at radius 1 is 1.28 bits per heavy atom. The molecule has 1 rings (SSSR count). The summed E-state index contributed by atoms with van der Waals surface area (Å²) in [7, 11) is 1.37. The van der Waals surface area contributed by atoms with Gasteiger partial charge in [-0.1, -0.05) is 51.1 Å². The Morgan fingerprint density at radius 2 is 1.89 bits per heavy atom. The molecule has 1 aromatic carbocycles. The zero-order valence-electron chi connectivity index (χ0n) is 11.4. The number of rotatable bonds is 5. The molecule has 1 N–H and O–H groups in total. The molecule has 0 amide bonds. The molecular weight excluding hydrogens is 230 g/mol. The molecule has 0 spiro atoms. The first-order valence-electron chi connectivity index (χ1n) is 5.94. The first-order chi connectivity index (χ1) is 8.45. The Hall–Kier alpha value is -1.39. The van der Waals surface area contributed by atoms with E-state index in [1.165, 1.54) is 7.11 Å². The molecule has 0 fully saturated rings. The Kier molecular flexibility index (Phi) is 5.31. The van der Waals surface area contributed by atoms with E-state index < -0.39 is 6.04 Å². The molecule has 4 nitrogen and oxygen atoms in total. The Morgan fingerprint density at radius 3 is 2.39 bits per heavy atom. The van der Waals surface area contributed by atoms with Crippen LogP contribution in [0.25, 0.3) is 0 Å². The maximum absolute atomic E-state index is 11.6. The van der Waals surface area contributed by atoms with Gasteiger partial charge in [0.2, 0.25) is 0 Å². The third kappa shape index (κ3) is 4.47. The number of ether oxygens (including phenoxy) is 1. The van der Waals surface area contributed by atoms with E-state index in [2.05, 4.69) is 5.48 Å². The van der Waals surface area contributed by atoms with Gasteiger partial charge in [0.1, 0.15) is 6.04 Å². The number of carbonyl (C=O) groups is 1. The third-order valence-electron chi connectivity index (χ3n) is 2.59. The number of hydrogen-bond acceptors (Lipinski definition) is 4. The van der Waals surface area contributed by atoms with Crippen LogP contribution in [0, 0.1) is 5.41 Å². The van der Waals surface area contributed by atoms with Crippen molar-refractivity contribution in [2.75, 3.05) is 7.11 Å². The van der Waals surface area contributed by atoms with Crippen LogP contribution in [0.3, 0.4) is 0 Å². The van der Waals surface area contributed by atoms with Crippen LogP contribution in [-0.2, 0) is 21.0 Å². The lowest BCUT2D eigenvalue weighted by atomic mass is 9.87. The van der Waals surface area contributed by atoms with Crippen molar-refractivity contribution in [3.63, 3.8) is 0 Å². The van der Waals surface area contributed by atoms with Crippen molar-refractivity contribution < 1.29 is 14.4 Å². The average Bonchev–Trinajstić information content (AvgIpc) is 2.33.